The Labute approximate surface area is 149 Å². The van der Waals surface area contributed by atoms with E-state index >= 15 is 0 Å². The van der Waals surface area contributed by atoms with Gasteiger partial charge in [0, 0.05) is 20.1 Å². The van der Waals surface area contributed by atoms with Crippen LogP contribution in [0, 0.1) is 5.92 Å². The summed E-state index contributed by atoms with van der Waals surface area (Å²) < 4.78 is 0. The Morgan fingerprint density at radius 1 is 1.00 bits per heavy atom. The second-order valence-electron chi connectivity index (χ2n) is 5.70. The normalized spacial score (nSPS) is 11.7. The van der Waals surface area contributed by atoms with Gasteiger partial charge in [0.2, 0.25) is 0 Å². The standard InChI is InChI=1S/C16H36N4.HI/c1-6-20(7-2)14-9-8-12-18-16(17-5)19-13-10-11-15(3)4;/h15H,6-14H2,1-5H3,(H2,17,18,19);1H. The van der Waals surface area contributed by atoms with Crippen LogP contribution < -0.4 is 10.6 Å². The molecule has 4 nitrogen and oxygen atoms in total. The Balaban J connectivity index is 0. The lowest BCUT2D eigenvalue weighted by atomic mass is 10.1. The van der Waals surface area contributed by atoms with E-state index in [0.717, 1.165) is 38.1 Å². The highest BCUT2D eigenvalue weighted by Gasteiger charge is 2.00. The van der Waals surface area contributed by atoms with Crippen LogP contribution in [-0.4, -0.2) is 50.6 Å². The van der Waals surface area contributed by atoms with Gasteiger partial charge in [-0.05, 0) is 51.2 Å². The van der Waals surface area contributed by atoms with Crippen molar-refractivity contribution in [2.45, 2.75) is 53.4 Å². The SMILES string of the molecule is CCN(CC)CCCCNC(=NC)NCCCC(C)C.I. The van der Waals surface area contributed by atoms with Gasteiger partial charge >= 0.3 is 0 Å². The summed E-state index contributed by atoms with van der Waals surface area (Å²) >= 11 is 0. The van der Waals surface area contributed by atoms with E-state index in [-0.39, 0.29) is 24.0 Å². The fourth-order valence-electron chi connectivity index (χ4n) is 2.14. The van der Waals surface area contributed by atoms with Gasteiger partial charge in [0.25, 0.3) is 0 Å². The molecule has 0 aliphatic heterocycles. The first-order valence-corrected chi connectivity index (χ1v) is 8.30. The van der Waals surface area contributed by atoms with Crippen LogP contribution >= 0.6 is 24.0 Å². The molecule has 21 heavy (non-hydrogen) atoms. The van der Waals surface area contributed by atoms with E-state index in [0.29, 0.717) is 0 Å². The molecule has 128 valence electrons. The first-order chi connectivity index (χ1) is 9.63. The smallest absolute Gasteiger partial charge is 0.190 e. The van der Waals surface area contributed by atoms with Gasteiger partial charge in [-0.2, -0.15) is 0 Å². The molecule has 0 aromatic carbocycles. The van der Waals surface area contributed by atoms with E-state index in [2.05, 4.69) is 48.2 Å². The summed E-state index contributed by atoms with van der Waals surface area (Å²) in [5.41, 5.74) is 0. The predicted octanol–water partition coefficient (Wildman–Crippen LogP) is 3.33. The van der Waals surface area contributed by atoms with Crippen LogP contribution in [0.3, 0.4) is 0 Å². The van der Waals surface area contributed by atoms with Crippen molar-refractivity contribution < 1.29 is 0 Å². The number of rotatable bonds is 11. The van der Waals surface area contributed by atoms with Gasteiger partial charge in [-0.15, -0.1) is 24.0 Å². The first-order valence-electron chi connectivity index (χ1n) is 8.30. The van der Waals surface area contributed by atoms with Gasteiger partial charge in [-0.25, -0.2) is 0 Å². The maximum absolute atomic E-state index is 4.25. The van der Waals surface area contributed by atoms with Crippen molar-refractivity contribution in [1.29, 1.82) is 0 Å². The van der Waals surface area contributed by atoms with Crippen LogP contribution in [-0.2, 0) is 0 Å². The van der Waals surface area contributed by atoms with Crippen LogP contribution in [0.4, 0.5) is 0 Å². The third-order valence-electron chi connectivity index (χ3n) is 3.56. The highest BCUT2D eigenvalue weighted by Crippen LogP contribution is 2.01. The summed E-state index contributed by atoms with van der Waals surface area (Å²) in [5, 5.41) is 6.76. The summed E-state index contributed by atoms with van der Waals surface area (Å²) in [6, 6.07) is 0. The van der Waals surface area contributed by atoms with Crippen molar-refractivity contribution >= 4 is 29.9 Å². The molecule has 0 aromatic rings. The lowest BCUT2D eigenvalue weighted by molar-refractivity contribution is 0.297. The number of hydrogen-bond donors (Lipinski definition) is 2. The van der Waals surface area contributed by atoms with Crippen molar-refractivity contribution in [3.63, 3.8) is 0 Å². The third kappa shape index (κ3) is 14.7. The summed E-state index contributed by atoms with van der Waals surface area (Å²) in [4.78, 5) is 6.73. The van der Waals surface area contributed by atoms with Crippen LogP contribution in [0.1, 0.15) is 53.4 Å². The molecule has 0 saturated carbocycles. The Hall–Kier alpha value is -0.0400. The summed E-state index contributed by atoms with van der Waals surface area (Å²) in [7, 11) is 1.84. The van der Waals surface area contributed by atoms with Crippen LogP contribution in [0.2, 0.25) is 0 Å². The van der Waals surface area contributed by atoms with Crippen LogP contribution in [0.25, 0.3) is 0 Å². The van der Waals surface area contributed by atoms with E-state index < -0.39 is 0 Å². The molecule has 0 spiro atoms. The molecule has 0 fully saturated rings. The van der Waals surface area contributed by atoms with Crippen molar-refractivity contribution in [1.82, 2.24) is 15.5 Å². The van der Waals surface area contributed by atoms with Gasteiger partial charge in [-0.3, -0.25) is 4.99 Å². The molecule has 0 unspecified atom stereocenters. The van der Waals surface area contributed by atoms with Crippen LogP contribution in [0.5, 0.6) is 0 Å². The second-order valence-corrected chi connectivity index (χ2v) is 5.70. The highest BCUT2D eigenvalue weighted by atomic mass is 127. The zero-order valence-electron chi connectivity index (χ0n) is 14.7. The Bertz CT molecular complexity index is 240. The zero-order chi connectivity index (χ0) is 15.2. The monoisotopic (exact) mass is 412 g/mol. The highest BCUT2D eigenvalue weighted by molar-refractivity contribution is 14.0. The number of unbranched alkanes of at least 4 members (excludes halogenated alkanes) is 1. The molecular weight excluding hydrogens is 375 g/mol. The average molecular weight is 412 g/mol. The second kappa shape index (κ2) is 16.3. The molecule has 0 aliphatic rings. The molecule has 0 bridgehead atoms. The molecule has 0 aliphatic carbocycles. The molecular formula is C16H37IN4. The minimum Gasteiger partial charge on any atom is -0.356 e. The first kappa shape index (κ1) is 23.2. The molecule has 0 radical (unpaired) electrons. The topological polar surface area (TPSA) is 39.7 Å². The molecule has 0 rings (SSSR count). The number of guanidine groups is 1. The minimum absolute atomic E-state index is 0. The van der Waals surface area contributed by atoms with E-state index in [1.807, 2.05) is 7.05 Å². The van der Waals surface area contributed by atoms with E-state index in [1.165, 1.54) is 32.2 Å². The maximum Gasteiger partial charge on any atom is 0.190 e. The average Bonchev–Trinajstić information content (AvgIpc) is 2.44. The van der Waals surface area contributed by atoms with Gasteiger partial charge < -0.3 is 15.5 Å². The molecule has 2 N–H and O–H groups in total. The number of halogens is 1. The zero-order valence-corrected chi connectivity index (χ0v) is 17.1. The van der Waals surface area contributed by atoms with Crippen molar-refractivity contribution in [2.75, 3.05) is 39.8 Å². The fraction of sp³-hybridized carbons (Fsp3) is 0.938. The molecule has 5 heteroatoms. The number of nitrogens with one attached hydrogen (secondary N) is 2. The Morgan fingerprint density at radius 2 is 1.57 bits per heavy atom. The molecule has 0 heterocycles. The van der Waals surface area contributed by atoms with Gasteiger partial charge in [0.05, 0.1) is 0 Å². The van der Waals surface area contributed by atoms with E-state index in [1.54, 1.807) is 0 Å². The number of aliphatic imine (C=N–C) groups is 1. The Morgan fingerprint density at radius 3 is 2.05 bits per heavy atom. The summed E-state index contributed by atoms with van der Waals surface area (Å²) in [6.07, 6.45) is 4.93. The van der Waals surface area contributed by atoms with Crippen molar-refractivity contribution in [3.05, 3.63) is 0 Å². The molecule has 0 aromatic heterocycles. The maximum atomic E-state index is 4.25. The summed E-state index contributed by atoms with van der Waals surface area (Å²) in [5.74, 6) is 1.73. The predicted molar refractivity (Wildman–Crippen MR) is 106 cm³/mol. The molecule has 0 saturated heterocycles. The lowest BCUT2D eigenvalue weighted by Gasteiger charge is -2.18. The van der Waals surface area contributed by atoms with Gasteiger partial charge in [0.1, 0.15) is 0 Å². The van der Waals surface area contributed by atoms with Crippen molar-refractivity contribution in [2.24, 2.45) is 10.9 Å². The van der Waals surface area contributed by atoms with Gasteiger partial charge in [-0.1, -0.05) is 27.7 Å². The number of hydrogen-bond acceptors (Lipinski definition) is 2. The minimum atomic E-state index is 0. The van der Waals surface area contributed by atoms with Gasteiger partial charge in [0.15, 0.2) is 5.96 Å². The van der Waals surface area contributed by atoms with Crippen molar-refractivity contribution in [3.8, 4) is 0 Å². The third-order valence-corrected chi connectivity index (χ3v) is 3.56. The fourth-order valence-corrected chi connectivity index (χ4v) is 2.14. The molecule has 0 amide bonds. The quantitative estimate of drug-likeness (QED) is 0.237. The van der Waals surface area contributed by atoms with E-state index in [4.69, 9.17) is 0 Å². The number of nitrogens with zero attached hydrogens (tertiary/aromatic N) is 2. The summed E-state index contributed by atoms with van der Waals surface area (Å²) in [6.45, 7) is 14.5. The largest absolute Gasteiger partial charge is 0.356 e. The molecule has 0 atom stereocenters. The Kier molecular flexibility index (Phi) is 18.1. The van der Waals surface area contributed by atoms with Crippen LogP contribution in [0.15, 0.2) is 4.99 Å². The lowest BCUT2D eigenvalue weighted by Crippen LogP contribution is -2.38. The van der Waals surface area contributed by atoms with E-state index in [9.17, 15) is 0 Å².